The Morgan fingerprint density at radius 3 is 2.57 bits per heavy atom. The lowest BCUT2D eigenvalue weighted by atomic mass is 9.60. The average Bonchev–Trinajstić information content (AvgIpc) is 3.04. The van der Waals surface area contributed by atoms with Crippen LogP contribution >= 0.6 is 0 Å². The predicted molar refractivity (Wildman–Crippen MR) is 124 cm³/mol. The highest BCUT2D eigenvalue weighted by Gasteiger charge is 2.50. The van der Waals surface area contributed by atoms with E-state index in [0.717, 1.165) is 36.3 Å². The fourth-order valence-electron chi connectivity index (χ4n) is 6.65. The summed E-state index contributed by atoms with van der Waals surface area (Å²) in [4.78, 5) is 0. The minimum absolute atomic E-state index is 0.180. The van der Waals surface area contributed by atoms with Crippen LogP contribution in [0.2, 0.25) is 0 Å². The second kappa shape index (κ2) is 9.71. The minimum Gasteiger partial charge on any atom is -0.393 e. The third-order valence-corrected chi connectivity index (χ3v) is 8.68. The van der Waals surface area contributed by atoms with E-state index in [2.05, 4.69) is 46.4 Å². The maximum absolute atomic E-state index is 10.3. The number of aliphatic hydroxyl groups excluding tert-OH is 3. The zero-order valence-electron chi connectivity index (χ0n) is 19.6. The molecular weight excluding hydrogens is 372 g/mol. The van der Waals surface area contributed by atoms with Gasteiger partial charge >= 0.3 is 0 Å². The van der Waals surface area contributed by atoms with Crippen LogP contribution in [-0.4, -0.2) is 33.6 Å². The van der Waals surface area contributed by atoms with Crippen LogP contribution in [0.1, 0.15) is 85.5 Å². The topological polar surface area (TPSA) is 60.7 Å². The molecule has 170 valence electrons. The maximum Gasteiger partial charge on any atom is 0.0811 e. The molecule has 0 aromatic rings. The van der Waals surface area contributed by atoms with Gasteiger partial charge in [-0.2, -0.15) is 0 Å². The van der Waals surface area contributed by atoms with E-state index < -0.39 is 12.2 Å². The minimum atomic E-state index is -0.618. The van der Waals surface area contributed by atoms with Crippen molar-refractivity contribution in [2.75, 3.05) is 0 Å². The number of rotatable bonds is 6. The Balaban J connectivity index is 1.72. The Morgan fingerprint density at radius 1 is 1.13 bits per heavy atom. The first-order chi connectivity index (χ1) is 14.1. The Hall–Kier alpha value is -0.900. The van der Waals surface area contributed by atoms with Gasteiger partial charge in [0.25, 0.3) is 0 Å². The van der Waals surface area contributed by atoms with Gasteiger partial charge in [0.15, 0.2) is 0 Å². The molecule has 0 bridgehead atoms. The van der Waals surface area contributed by atoms with Crippen molar-refractivity contribution in [3.63, 3.8) is 0 Å². The molecule has 3 saturated carbocycles. The highest BCUT2D eigenvalue weighted by Crippen LogP contribution is 2.60. The first-order valence-corrected chi connectivity index (χ1v) is 12.3. The van der Waals surface area contributed by atoms with Gasteiger partial charge in [0.2, 0.25) is 0 Å². The van der Waals surface area contributed by atoms with Gasteiger partial charge in [-0.05, 0) is 91.6 Å². The number of hydrogen-bond donors (Lipinski definition) is 3. The van der Waals surface area contributed by atoms with Gasteiger partial charge in [-0.15, -0.1) is 0 Å². The quantitative estimate of drug-likeness (QED) is 0.531. The molecule has 0 heterocycles. The van der Waals surface area contributed by atoms with Crippen LogP contribution in [0.25, 0.3) is 0 Å². The van der Waals surface area contributed by atoms with Crippen molar-refractivity contribution in [3.8, 4) is 0 Å². The molecule has 3 fully saturated rings. The Morgan fingerprint density at radius 2 is 1.87 bits per heavy atom. The summed E-state index contributed by atoms with van der Waals surface area (Å²) in [5, 5.41) is 30.4. The van der Waals surface area contributed by atoms with Gasteiger partial charge in [0, 0.05) is 6.42 Å². The number of fused-ring (bicyclic) bond motifs is 1. The van der Waals surface area contributed by atoms with Crippen molar-refractivity contribution in [2.45, 2.75) is 104 Å². The van der Waals surface area contributed by atoms with E-state index in [-0.39, 0.29) is 6.10 Å². The van der Waals surface area contributed by atoms with E-state index in [1.165, 1.54) is 25.7 Å². The molecule has 0 aromatic carbocycles. The molecule has 3 heteroatoms. The monoisotopic (exact) mass is 416 g/mol. The smallest absolute Gasteiger partial charge is 0.0811 e. The fraction of sp³-hybridized carbons (Fsp3) is 0.778. The van der Waals surface area contributed by atoms with E-state index in [4.69, 9.17) is 0 Å². The van der Waals surface area contributed by atoms with E-state index in [1.807, 2.05) is 0 Å². The van der Waals surface area contributed by atoms with Crippen molar-refractivity contribution >= 4 is 0 Å². The molecule has 30 heavy (non-hydrogen) atoms. The van der Waals surface area contributed by atoms with Gasteiger partial charge in [-0.25, -0.2) is 0 Å². The van der Waals surface area contributed by atoms with E-state index >= 15 is 0 Å². The summed E-state index contributed by atoms with van der Waals surface area (Å²) >= 11 is 0. The molecule has 0 spiro atoms. The van der Waals surface area contributed by atoms with Crippen LogP contribution in [0.4, 0.5) is 0 Å². The maximum atomic E-state index is 10.3. The molecule has 0 unspecified atom stereocenters. The van der Waals surface area contributed by atoms with Crippen LogP contribution in [-0.2, 0) is 0 Å². The molecule has 0 radical (unpaired) electrons. The van der Waals surface area contributed by atoms with Gasteiger partial charge in [-0.1, -0.05) is 52.0 Å². The Bertz CT molecular complexity index is 676. The van der Waals surface area contributed by atoms with Gasteiger partial charge in [-0.3, -0.25) is 0 Å². The van der Waals surface area contributed by atoms with Gasteiger partial charge < -0.3 is 15.3 Å². The summed E-state index contributed by atoms with van der Waals surface area (Å²) < 4.78 is 0. The summed E-state index contributed by atoms with van der Waals surface area (Å²) in [5.41, 5.74) is 3.69. The third-order valence-electron chi connectivity index (χ3n) is 8.68. The summed E-state index contributed by atoms with van der Waals surface area (Å²) in [6.45, 7) is 13.2. The SMILES string of the molecule is C=C1/C(=C/C=C2\CCC[C@]3(C)[C@@H]([C@H](C)CC[C@@H](O)C(C)C)CC[C@@H]23)C[C@@H](O)C[C@H]1O. The Kier molecular flexibility index (Phi) is 7.69. The highest BCUT2D eigenvalue weighted by molar-refractivity contribution is 5.38. The third kappa shape index (κ3) is 4.95. The molecule has 3 rings (SSSR count). The van der Waals surface area contributed by atoms with Crippen LogP contribution < -0.4 is 0 Å². The standard InChI is InChI=1S/C27H44O3/c1-17(2)25(29)13-8-18(3)23-11-12-24-20(7-6-14-27(23,24)5)9-10-21-15-22(28)16-26(30)19(21)4/h9-10,17-18,22-26,28-30H,4,6-8,11-16H2,1-3,5H3/b20-9+,21-10+/t18-,22-,23-,24+,25-,26-,27-/m1/s1. The summed E-state index contributed by atoms with van der Waals surface area (Å²) in [7, 11) is 0. The van der Waals surface area contributed by atoms with Gasteiger partial charge in [0.1, 0.15) is 0 Å². The molecule has 0 saturated heterocycles. The van der Waals surface area contributed by atoms with E-state index in [0.29, 0.717) is 36.0 Å². The zero-order valence-corrected chi connectivity index (χ0v) is 19.6. The molecular formula is C27H44O3. The average molecular weight is 417 g/mol. The highest BCUT2D eigenvalue weighted by atomic mass is 16.3. The van der Waals surface area contributed by atoms with E-state index in [1.54, 1.807) is 5.57 Å². The molecule has 0 aromatic heterocycles. The van der Waals surface area contributed by atoms with Crippen molar-refractivity contribution < 1.29 is 15.3 Å². The second-order valence-corrected chi connectivity index (χ2v) is 11.0. The molecule has 0 amide bonds. The molecule has 0 aliphatic heterocycles. The van der Waals surface area contributed by atoms with Crippen molar-refractivity contribution in [3.05, 3.63) is 35.5 Å². The second-order valence-electron chi connectivity index (χ2n) is 11.0. The van der Waals surface area contributed by atoms with Gasteiger partial charge in [0.05, 0.1) is 18.3 Å². The van der Waals surface area contributed by atoms with E-state index in [9.17, 15) is 15.3 Å². The first kappa shape index (κ1) is 23.8. The fourth-order valence-corrected chi connectivity index (χ4v) is 6.65. The molecule has 3 N–H and O–H groups in total. The summed E-state index contributed by atoms with van der Waals surface area (Å²) in [6.07, 6.45) is 12.4. The van der Waals surface area contributed by atoms with Crippen molar-refractivity contribution in [2.24, 2.45) is 29.1 Å². The lowest BCUT2D eigenvalue weighted by molar-refractivity contribution is 0.0717. The molecule has 3 aliphatic rings. The number of aliphatic hydroxyl groups is 3. The normalized spacial score (nSPS) is 39.5. The first-order valence-electron chi connectivity index (χ1n) is 12.3. The molecule has 3 nitrogen and oxygen atoms in total. The predicted octanol–water partition coefficient (Wildman–Crippen LogP) is 5.56. The lowest BCUT2D eigenvalue weighted by Gasteiger charge is -2.44. The van der Waals surface area contributed by atoms with Crippen LogP contribution in [0.5, 0.6) is 0 Å². The Labute approximate surface area is 184 Å². The number of hydrogen-bond acceptors (Lipinski definition) is 3. The van der Waals surface area contributed by atoms with Crippen LogP contribution in [0, 0.1) is 29.1 Å². The van der Waals surface area contributed by atoms with Crippen LogP contribution in [0.15, 0.2) is 35.5 Å². The lowest BCUT2D eigenvalue weighted by Crippen LogP contribution is -2.36. The molecule has 7 atom stereocenters. The zero-order chi connectivity index (χ0) is 22.1. The van der Waals surface area contributed by atoms with Crippen molar-refractivity contribution in [1.82, 2.24) is 0 Å². The largest absolute Gasteiger partial charge is 0.393 e. The summed E-state index contributed by atoms with van der Waals surface area (Å²) in [5.74, 6) is 2.35. The van der Waals surface area contributed by atoms with Crippen LogP contribution in [0.3, 0.4) is 0 Å². The summed E-state index contributed by atoms with van der Waals surface area (Å²) in [6, 6.07) is 0. The number of allylic oxidation sites excluding steroid dienone is 3. The molecule has 3 aliphatic carbocycles. The van der Waals surface area contributed by atoms with Crippen molar-refractivity contribution in [1.29, 1.82) is 0 Å².